The van der Waals surface area contributed by atoms with Gasteiger partial charge in [0.1, 0.15) is 0 Å². The maximum Gasteiger partial charge on any atom is 0.339 e. The van der Waals surface area contributed by atoms with Crippen molar-refractivity contribution in [3.63, 3.8) is 0 Å². The number of rotatable bonds is 5. The number of benzene rings is 2. The van der Waals surface area contributed by atoms with E-state index < -0.39 is 18.0 Å². The molecule has 0 radical (unpaired) electrons. The average molecular weight is 356 g/mol. The highest BCUT2D eigenvalue weighted by atomic mass is 16.5. The Hall–Kier alpha value is -3.35. The molecule has 0 bridgehead atoms. The van der Waals surface area contributed by atoms with E-state index in [1.165, 1.54) is 32.4 Å². The number of amides is 2. The molecule has 136 valence electrons. The average Bonchev–Trinajstić information content (AvgIpc) is 2.66. The number of hydrogen-bond acceptors (Lipinski definition) is 5. The van der Waals surface area contributed by atoms with E-state index in [9.17, 15) is 14.4 Å². The van der Waals surface area contributed by atoms with Crippen molar-refractivity contribution in [3.8, 4) is 0 Å². The van der Waals surface area contributed by atoms with Crippen LogP contribution in [0.3, 0.4) is 0 Å². The van der Waals surface area contributed by atoms with Gasteiger partial charge in [-0.05, 0) is 30.7 Å². The quantitative estimate of drug-likeness (QED) is 0.804. The van der Waals surface area contributed by atoms with E-state index in [1.54, 1.807) is 0 Å². The maximum absolute atomic E-state index is 12.2. The second-order valence-corrected chi connectivity index (χ2v) is 5.54. The van der Waals surface area contributed by atoms with Crippen LogP contribution >= 0.6 is 0 Å². The van der Waals surface area contributed by atoms with Gasteiger partial charge in [0.05, 0.1) is 31.0 Å². The summed E-state index contributed by atoms with van der Waals surface area (Å²) >= 11 is 0. The molecule has 2 aromatic rings. The minimum absolute atomic E-state index is 0.130. The number of methoxy groups -OCH3 is 2. The molecule has 0 heterocycles. The summed E-state index contributed by atoms with van der Waals surface area (Å²) in [4.78, 5) is 35.7. The Bertz CT molecular complexity index is 815. The van der Waals surface area contributed by atoms with Gasteiger partial charge in [0, 0.05) is 6.54 Å². The lowest BCUT2D eigenvalue weighted by atomic mass is 10.1. The molecule has 0 saturated carbocycles. The van der Waals surface area contributed by atoms with Gasteiger partial charge in [0.15, 0.2) is 0 Å². The zero-order chi connectivity index (χ0) is 19.1. The highest BCUT2D eigenvalue weighted by Gasteiger charge is 2.17. The second kappa shape index (κ2) is 8.66. The number of carbonyl (C=O) groups is 3. The molecule has 0 aliphatic rings. The van der Waals surface area contributed by atoms with Crippen LogP contribution in [0.2, 0.25) is 0 Å². The Labute approximate surface area is 151 Å². The highest BCUT2D eigenvalue weighted by molar-refractivity contribution is 6.03. The predicted molar refractivity (Wildman–Crippen MR) is 96.2 cm³/mol. The number of aryl methyl sites for hydroxylation is 1. The van der Waals surface area contributed by atoms with Crippen LogP contribution < -0.4 is 10.6 Å². The first-order chi connectivity index (χ1) is 12.4. The standard InChI is InChI=1S/C19H20N2O5/c1-12-4-6-13(7-5-12)11-20-19(24)21-16-10-14(17(22)25-2)8-9-15(16)18(23)26-3/h4-10H,11H2,1-3H3,(H2,20,21,24). The van der Waals surface area contributed by atoms with Gasteiger partial charge in [-0.2, -0.15) is 0 Å². The molecule has 0 unspecified atom stereocenters. The van der Waals surface area contributed by atoms with Crippen LogP contribution in [0.15, 0.2) is 42.5 Å². The van der Waals surface area contributed by atoms with Gasteiger partial charge < -0.3 is 20.1 Å². The number of carbonyl (C=O) groups excluding carboxylic acids is 3. The minimum Gasteiger partial charge on any atom is -0.465 e. The molecule has 7 heteroatoms. The first kappa shape index (κ1) is 19.0. The second-order valence-electron chi connectivity index (χ2n) is 5.54. The van der Waals surface area contributed by atoms with Crippen LogP contribution in [0.25, 0.3) is 0 Å². The van der Waals surface area contributed by atoms with Crippen LogP contribution in [-0.2, 0) is 16.0 Å². The Morgan fingerprint density at radius 3 is 2.19 bits per heavy atom. The third kappa shape index (κ3) is 4.83. The molecule has 2 rings (SSSR count). The van der Waals surface area contributed by atoms with Gasteiger partial charge in [0.2, 0.25) is 0 Å². The van der Waals surface area contributed by atoms with Crippen molar-refractivity contribution in [2.45, 2.75) is 13.5 Å². The summed E-state index contributed by atoms with van der Waals surface area (Å²) in [6.45, 7) is 2.29. The lowest BCUT2D eigenvalue weighted by molar-refractivity contribution is 0.0587. The summed E-state index contributed by atoms with van der Waals surface area (Å²) in [6, 6.07) is 11.4. The number of anilines is 1. The number of urea groups is 1. The molecule has 2 aromatic carbocycles. The molecule has 0 aliphatic carbocycles. The zero-order valence-electron chi connectivity index (χ0n) is 14.8. The van der Waals surface area contributed by atoms with Crippen LogP contribution in [0.5, 0.6) is 0 Å². The van der Waals surface area contributed by atoms with E-state index in [0.717, 1.165) is 11.1 Å². The molecular weight excluding hydrogens is 336 g/mol. The minimum atomic E-state index is -0.629. The molecule has 2 N–H and O–H groups in total. The van der Waals surface area contributed by atoms with E-state index in [-0.39, 0.29) is 16.8 Å². The van der Waals surface area contributed by atoms with E-state index in [1.807, 2.05) is 31.2 Å². The predicted octanol–water partition coefficient (Wildman–Crippen LogP) is 2.89. The normalized spacial score (nSPS) is 9.96. The summed E-state index contributed by atoms with van der Waals surface area (Å²) in [5.74, 6) is -1.21. The van der Waals surface area contributed by atoms with E-state index >= 15 is 0 Å². The van der Waals surface area contributed by atoms with Crippen molar-refractivity contribution in [2.75, 3.05) is 19.5 Å². The van der Waals surface area contributed by atoms with Gasteiger partial charge in [-0.25, -0.2) is 14.4 Å². The molecule has 0 aromatic heterocycles. The fraction of sp³-hybridized carbons (Fsp3) is 0.211. The van der Waals surface area contributed by atoms with Crippen molar-refractivity contribution in [2.24, 2.45) is 0 Å². The first-order valence-electron chi connectivity index (χ1n) is 7.85. The van der Waals surface area contributed by atoms with Gasteiger partial charge in [-0.1, -0.05) is 29.8 Å². The van der Waals surface area contributed by atoms with Gasteiger partial charge in [-0.3, -0.25) is 0 Å². The van der Waals surface area contributed by atoms with Crippen molar-refractivity contribution >= 4 is 23.7 Å². The van der Waals surface area contributed by atoms with Crippen LogP contribution in [-0.4, -0.2) is 32.2 Å². The molecule has 7 nitrogen and oxygen atoms in total. The number of hydrogen-bond donors (Lipinski definition) is 2. The smallest absolute Gasteiger partial charge is 0.339 e. The van der Waals surface area contributed by atoms with Gasteiger partial charge >= 0.3 is 18.0 Å². The van der Waals surface area contributed by atoms with Crippen molar-refractivity contribution in [1.82, 2.24) is 5.32 Å². The Kier molecular flexibility index (Phi) is 6.32. The van der Waals surface area contributed by atoms with E-state index in [4.69, 9.17) is 4.74 Å². The van der Waals surface area contributed by atoms with Gasteiger partial charge in [-0.15, -0.1) is 0 Å². The molecule has 0 spiro atoms. The Morgan fingerprint density at radius 1 is 0.923 bits per heavy atom. The summed E-state index contributed by atoms with van der Waals surface area (Å²) in [5.41, 5.74) is 2.54. The topological polar surface area (TPSA) is 93.7 Å². The fourth-order valence-corrected chi connectivity index (χ4v) is 2.24. The van der Waals surface area contributed by atoms with Crippen LogP contribution in [0.4, 0.5) is 10.5 Å². The Morgan fingerprint density at radius 2 is 1.58 bits per heavy atom. The van der Waals surface area contributed by atoms with Crippen LogP contribution in [0, 0.1) is 6.92 Å². The number of nitrogens with one attached hydrogen (secondary N) is 2. The molecule has 0 fully saturated rings. The SMILES string of the molecule is COC(=O)c1ccc(C(=O)OC)c(NC(=O)NCc2ccc(C)cc2)c1. The lowest BCUT2D eigenvalue weighted by Crippen LogP contribution is -2.29. The fourth-order valence-electron chi connectivity index (χ4n) is 2.24. The maximum atomic E-state index is 12.2. The summed E-state index contributed by atoms with van der Waals surface area (Å²) in [7, 11) is 2.48. The monoisotopic (exact) mass is 356 g/mol. The van der Waals surface area contributed by atoms with E-state index in [2.05, 4.69) is 15.4 Å². The Balaban J connectivity index is 2.14. The molecule has 0 atom stereocenters. The molecule has 26 heavy (non-hydrogen) atoms. The van der Waals surface area contributed by atoms with E-state index in [0.29, 0.717) is 6.54 Å². The summed E-state index contributed by atoms with van der Waals surface area (Å²) in [6.07, 6.45) is 0. The zero-order valence-corrected chi connectivity index (χ0v) is 14.8. The third-order valence-electron chi connectivity index (χ3n) is 3.67. The molecule has 0 saturated heterocycles. The lowest BCUT2D eigenvalue weighted by Gasteiger charge is -2.12. The molecule has 0 aliphatic heterocycles. The largest absolute Gasteiger partial charge is 0.465 e. The highest BCUT2D eigenvalue weighted by Crippen LogP contribution is 2.19. The molecule has 2 amide bonds. The molecular formula is C19H20N2O5. The first-order valence-corrected chi connectivity index (χ1v) is 7.85. The third-order valence-corrected chi connectivity index (χ3v) is 3.67. The number of ether oxygens (including phenoxy) is 2. The van der Waals surface area contributed by atoms with Gasteiger partial charge in [0.25, 0.3) is 0 Å². The summed E-state index contributed by atoms with van der Waals surface area (Å²) in [5, 5.41) is 5.26. The van der Waals surface area contributed by atoms with Crippen molar-refractivity contribution in [3.05, 3.63) is 64.7 Å². The van der Waals surface area contributed by atoms with Crippen LogP contribution in [0.1, 0.15) is 31.8 Å². The van der Waals surface area contributed by atoms with Crippen molar-refractivity contribution < 1.29 is 23.9 Å². The van der Waals surface area contributed by atoms with Crippen molar-refractivity contribution in [1.29, 1.82) is 0 Å². The number of esters is 2. The summed E-state index contributed by atoms with van der Waals surface area (Å²) < 4.78 is 9.35.